The molecule has 0 aliphatic heterocycles. The predicted octanol–water partition coefficient (Wildman–Crippen LogP) is 1.22. The van der Waals surface area contributed by atoms with E-state index in [9.17, 15) is 5.11 Å². The fourth-order valence-corrected chi connectivity index (χ4v) is 1.08. The van der Waals surface area contributed by atoms with Gasteiger partial charge >= 0.3 is 0 Å². The molecule has 2 nitrogen and oxygen atoms in total. The molecule has 0 saturated heterocycles. The topological polar surface area (TPSA) is 40.5 Å². The van der Waals surface area contributed by atoms with Gasteiger partial charge in [-0.15, -0.1) is 0 Å². The minimum absolute atomic E-state index is 0.522. The largest absolute Gasteiger partial charge is 0.390 e. The Morgan fingerprint density at radius 1 is 1.33 bits per heavy atom. The van der Waals surface area contributed by atoms with Crippen LogP contribution < -0.4 is 0 Å². The van der Waals surface area contributed by atoms with E-state index in [0.717, 1.165) is 0 Å². The number of rotatable bonds is 0. The predicted molar refractivity (Wildman–Crippen MR) is 34.3 cm³/mol. The van der Waals surface area contributed by atoms with Crippen molar-refractivity contribution in [3.63, 3.8) is 0 Å². The van der Waals surface area contributed by atoms with Crippen LogP contribution in [-0.2, 0) is 0 Å². The Morgan fingerprint density at radius 3 is 2.11 bits per heavy atom. The van der Waals surface area contributed by atoms with Crippen molar-refractivity contribution < 1.29 is 10.2 Å². The van der Waals surface area contributed by atoms with E-state index in [-0.39, 0.29) is 0 Å². The summed E-state index contributed by atoms with van der Waals surface area (Å²) in [4.78, 5) is 0. The Balaban J connectivity index is 2.35. The molecule has 1 saturated carbocycles. The lowest BCUT2D eigenvalue weighted by Gasteiger charge is -2.29. The standard InChI is InChI=1S/C7H13O2/c1-7(9)4-2-6(8)3-5-7/h8-9H,2-5H2,1H3. The van der Waals surface area contributed by atoms with Crippen LogP contribution in [0.1, 0.15) is 32.6 Å². The molecule has 0 aromatic heterocycles. The highest BCUT2D eigenvalue weighted by atomic mass is 16.3. The average Bonchev–Trinajstić information content (AvgIpc) is 1.78. The molecule has 0 unspecified atom stereocenters. The van der Waals surface area contributed by atoms with Crippen molar-refractivity contribution >= 4 is 0 Å². The van der Waals surface area contributed by atoms with Gasteiger partial charge in [0.1, 0.15) is 0 Å². The molecule has 1 rings (SSSR count). The summed E-state index contributed by atoms with van der Waals surface area (Å²) in [6.07, 6.45) is 3.30. The van der Waals surface area contributed by atoms with Gasteiger partial charge in [-0.2, -0.15) is 0 Å². The lowest BCUT2D eigenvalue weighted by Crippen LogP contribution is -2.29. The van der Waals surface area contributed by atoms with E-state index >= 15 is 0 Å². The van der Waals surface area contributed by atoms with Gasteiger partial charge in [-0.05, 0) is 32.6 Å². The van der Waals surface area contributed by atoms with Gasteiger partial charge in [0.25, 0.3) is 0 Å². The molecular formula is C7H13O2. The van der Waals surface area contributed by atoms with Gasteiger partial charge in [-0.3, -0.25) is 0 Å². The van der Waals surface area contributed by atoms with Gasteiger partial charge in [0.2, 0.25) is 0 Å². The highest BCUT2D eigenvalue weighted by Crippen LogP contribution is 2.30. The Labute approximate surface area is 55.5 Å². The van der Waals surface area contributed by atoms with Crippen LogP contribution >= 0.6 is 0 Å². The monoisotopic (exact) mass is 129 g/mol. The highest BCUT2D eigenvalue weighted by molar-refractivity contribution is 4.89. The van der Waals surface area contributed by atoms with Crippen LogP contribution in [0.5, 0.6) is 0 Å². The van der Waals surface area contributed by atoms with Gasteiger partial charge in [0.05, 0.1) is 11.7 Å². The SMILES string of the molecule is CC1(O)CC[C](O)CC1. The number of hydrogen-bond acceptors (Lipinski definition) is 2. The van der Waals surface area contributed by atoms with Crippen molar-refractivity contribution in [3.8, 4) is 0 Å². The van der Waals surface area contributed by atoms with Crippen LogP contribution in [-0.4, -0.2) is 15.8 Å². The summed E-state index contributed by atoms with van der Waals surface area (Å²) in [6.45, 7) is 1.82. The molecule has 0 bridgehead atoms. The maximum atomic E-state index is 9.37. The van der Waals surface area contributed by atoms with Crippen LogP contribution in [0, 0.1) is 6.10 Å². The normalized spacial score (nSPS) is 28.3. The number of aliphatic hydroxyl groups is 2. The second-order valence-corrected chi connectivity index (χ2v) is 3.06. The first-order chi connectivity index (χ1) is 4.10. The minimum atomic E-state index is -0.522. The van der Waals surface area contributed by atoms with Crippen LogP contribution in [0.2, 0.25) is 0 Å². The third-order valence-corrected chi connectivity index (χ3v) is 1.90. The van der Waals surface area contributed by atoms with Gasteiger partial charge in [-0.1, -0.05) is 0 Å². The van der Waals surface area contributed by atoms with Crippen molar-refractivity contribution in [3.05, 3.63) is 6.10 Å². The molecule has 1 radical (unpaired) electrons. The smallest absolute Gasteiger partial charge is 0.0935 e. The van der Waals surface area contributed by atoms with E-state index in [1.165, 1.54) is 0 Å². The van der Waals surface area contributed by atoms with E-state index in [2.05, 4.69) is 0 Å². The van der Waals surface area contributed by atoms with E-state index < -0.39 is 5.60 Å². The summed E-state index contributed by atoms with van der Waals surface area (Å²) >= 11 is 0. The van der Waals surface area contributed by atoms with Crippen molar-refractivity contribution in [1.82, 2.24) is 0 Å². The zero-order chi connectivity index (χ0) is 6.91. The lowest BCUT2D eigenvalue weighted by atomic mass is 9.85. The third-order valence-electron chi connectivity index (χ3n) is 1.90. The Hall–Kier alpha value is -0.0800. The van der Waals surface area contributed by atoms with Gasteiger partial charge in [0, 0.05) is 0 Å². The minimum Gasteiger partial charge on any atom is -0.390 e. The van der Waals surface area contributed by atoms with Gasteiger partial charge in [0.15, 0.2) is 0 Å². The molecule has 0 heterocycles. The van der Waals surface area contributed by atoms with Crippen LogP contribution in [0.3, 0.4) is 0 Å². The zero-order valence-electron chi connectivity index (χ0n) is 5.72. The van der Waals surface area contributed by atoms with Crippen molar-refractivity contribution in [2.45, 2.75) is 38.2 Å². The number of aliphatic hydroxyl groups excluding tert-OH is 1. The second-order valence-electron chi connectivity index (χ2n) is 3.06. The lowest BCUT2D eigenvalue weighted by molar-refractivity contribution is 0.00967. The fourth-order valence-electron chi connectivity index (χ4n) is 1.08. The molecular weight excluding hydrogens is 116 g/mol. The number of hydrogen-bond donors (Lipinski definition) is 2. The van der Waals surface area contributed by atoms with E-state index in [4.69, 9.17) is 5.11 Å². The Bertz CT molecular complexity index is 89.1. The fraction of sp³-hybridized carbons (Fsp3) is 0.857. The van der Waals surface area contributed by atoms with Crippen LogP contribution in [0.15, 0.2) is 0 Å². The van der Waals surface area contributed by atoms with Crippen LogP contribution in [0.25, 0.3) is 0 Å². The molecule has 0 aromatic rings. The summed E-state index contributed by atoms with van der Waals surface area (Å²) in [7, 11) is 0. The van der Waals surface area contributed by atoms with E-state index in [0.29, 0.717) is 31.8 Å². The molecule has 1 aliphatic rings. The average molecular weight is 129 g/mol. The van der Waals surface area contributed by atoms with E-state index in [1.54, 1.807) is 0 Å². The van der Waals surface area contributed by atoms with E-state index in [1.807, 2.05) is 6.92 Å². The third kappa shape index (κ3) is 1.95. The summed E-state index contributed by atoms with van der Waals surface area (Å²) in [5.41, 5.74) is -0.522. The molecule has 0 spiro atoms. The highest BCUT2D eigenvalue weighted by Gasteiger charge is 2.27. The van der Waals surface area contributed by atoms with Crippen molar-refractivity contribution in [2.24, 2.45) is 0 Å². The molecule has 0 atom stereocenters. The maximum absolute atomic E-state index is 9.37. The molecule has 2 heteroatoms. The quantitative estimate of drug-likeness (QED) is 0.516. The Morgan fingerprint density at radius 2 is 1.78 bits per heavy atom. The molecule has 2 N–H and O–H groups in total. The van der Waals surface area contributed by atoms with Crippen molar-refractivity contribution in [1.29, 1.82) is 0 Å². The Kier molecular flexibility index (Phi) is 1.78. The molecule has 0 aromatic carbocycles. The summed E-state index contributed by atoms with van der Waals surface area (Å²) < 4.78 is 0. The van der Waals surface area contributed by atoms with Crippen molar-refractivity contribution in [2.75, 3.05) is 0 Å². The first-order valence-corrected chi connectivity index (χ1v) is 3.36. The summed E-state index contributed by atoms with van der Waals surface area (Å²) in [5, 5.41) is 18.3. The zero-order valence-corrected chi connectivity index (χ0v) is 5.72. The van der Waals surface area contributed by atoms with Gasteiger partial charge < -0.3 is 10.2 Å². The molecule has 53 valence electrons. The first-order valence-electron chi connectivity index (χ1n) is 3.36. The molecule has 9 heavy (non-hydrogen) atoms. The molecule has 1 aliphatic carbocycles. The molecule has 1 fully saturated rings. The van der Waals surface area contributed by atoms with Crippen LogP contribution in [0.4, 0.5) is 0 Å². The molecule has 0 amide bonds. The maximum Gasteiger partial charge on any atom is 0.0935 e. The summed E-state index contributed by atoms with van der Waals surface area (Å²) in [5.74, 6) is 0. The van der Waals surface area contributed by atoms with Gasteiger partial charge in [-0.25, -0.2) is 0 Å². The first kappa shape index (κ1) is 7.03. The second kappa shape index (κ2) is 2.27. The summed E-state index contributed by atoms with van der Waals surface area (Å²) in [6, 6.07) is 0.